The summed E-state index contributed by atoms with van der Waals surface area (Å²) in [5.74, 6) is 6.98. The number of hydrogen-bond donors (Lipinski definition) is 2. The monoisotopic (exact) mass is 297 g/mol. The van der Waals surface area contributed by atoms with Gasteiger partial charge in [-0.3, -0.25) is 0 Å². The minimum atomic E-state index is 0.689. The maximum atomic E-state index is 5.58. The molecule has 2 heterocycles. The smallest absolute Gasteiger partial charge is 0.188 e. The number of nitrogens with two attached hydrogens (primary N) is 1. The number of anilines is 1. The van der Waals surface area contributed by atoms with Gasteiger partial charge in [0.05, 0.1) is 5.52 Å². The Balaban J connectivity index is 1.88. The number of rotatable bonds is 4. The molecule has 0 bridgehead atoms. The van der Waals surface area contributed by atoms with Gasteiger partial charge in [0.1, 0.15) is 5.82 Å². The van der Waals surface area contributed by atoms with E-state index in [9.17, 15) is 0 Å². The van der Waals surface area contributed by atoms with Crippen LogP contribution in [0.4, 0.5) is 5.82 Å². The predicted molar refractivity (Wildman–Crippen MR) is 85.9 cm³/mol. The van der Waals surface area contributed by atoms with E-state index in [-0.39, 0.29) is 0 Å². The molecule has 5 nitrogen and oxygen atoms in total. The fourth-order valence-electron chi connectivity index (χ4n) is 2.03. The van der Waals surface area contributed by atoms with Crippen LogP contribution in [0.2, 0.25) is 0 Å². The van der Waals surface area contributed by atoms with Crippen LogP contribution in [0.15, 0.2) is 47.8 Å². The first-order valence-corrected chi connectivity index (χ1v) is 7.52. The highest BCUT2D eigenvalue weighted by molar-refractivity contribution is 7.98. The molecule has 0 aliphatic heterocycles. The standard InChI is InChI=1S/C15H15N5S/c1-10-6-7-17-15(18-10)21-9-12-8-11-4-2-3-5-13(11)19-14(12)20-16/h2-8H,9,16H2,1H3,(H,19,20). The largest absolute Gasteiger partial charge is 0.308 e. The van der Waals surface area contributed by atoms with Crippen LogP contribution in [0, 0.1) is 6.92 Å². The number of nitrogen functional groups attached to an aromatic ring is 1. The number of aromatic nitrogens is 3. The Morgan fingerprint density at radius 3 is 2.86 bits per heavy atom. The number of aryl methyl sites for hydroxylation is 1. The van der Waals surface area contributed by atoms with E-state index in [2.05, 4.69) is 26.4 Å². The zero-order valence-electron chi connectivity index (χ0n) is 11.6. The highest BCUT2D eigenvalue weighted by Crippen LogP contribution is 2.26. The second-order valence-corrected chi connectivity index (χ2v) is 5.54. The molecule has 0 saturated heterocycles. The van der Waals surface area contributed by atoms with E-state index in [4.69, 9.17) is 5.84 Å². The van der Waals surface area contributed by atoms with Crippen molar-refractivity contribution in [1.29, 1.82) is 0 Å². The molecule has 2 aromatic heterocycles. The lowest BCUT2D eigenvalue weighted by Gasteiger charge is -2.09. The van der Waals surface area contributed by atoms with Gasteiger partial charge in [-0.15, -0.1) is 0 Å². The van der Waals surface area contributed by atoms with Gasteiger partial charge in [-0.2, -0.15) is 0 Å². The van der Waals surface area contributed by atoms with Crippen LogP contribution in [-0.2, 0) is 5.75 Å². The first kappa shape index (κ1) is 13.8. The Morgan fingerprint density at radius 2 is 2.05 bits per heavy atom. The van der Waals surface area contributed by atoms with Crippen molar-refractivity contribution in [2.75, 3.05) is 5.43 Å². The van der Waals surface area contributed by atoms with Crippen LogP contribution in [0.1, 0.15) is 11.3 Å². The molecule has 0 saturated carbocycles. The van der Waals surface area contributed by atoms with E-state index >= 15 is 0 Å². The number of benzene rings is 1. The first-order valence-electron chi connectivity index (χ1n) is 6.54. The number of nitrogens with one attached hydrogen (secondary N) is 1. The van der Waals surface area contributed by atoms with E-state index in [0.29, 0.717) is 11.6 Å². The number of pyridine rings is 1. The molecule has 3 N–H and O–H groups in total. The van der Waals surface area contributed by atoms with Crippen LogP contribution < -0.4 is 11.3 Å². The van der Waals surface area contributed by atoms with Crippen molar-refractivity contribution in [2.45, 2.75) is 17.8 Å². The molecule has 0 amide bonds. The van der Waals surface area contributed by atoms with E-state index in [1.54, 1.807) is 18.0 Å². The first-order chi connectivity index (χ1) is 10.3. The van der Waals surface area contributed by atoms with Crippen LogP contribution in [0.3, 0.4) is 0 Å². The maximum Gasteiger partial charge on any atom is 0.188 e. The van der Waals surface area contributed by atoms with Crippen molar-refractivity contribution < 1.29 is 0 Å². The third-order valence-corrected chi connectivity index (χ3v) is 3.98. The molecular formula is C15H15N5S. The number of thioether (sulfide) groups is 1. The molecule has 6 heteroatoms. The second kappa shape index (κ2) is 6.07. The molecule has 106 valence electrons. The van der Waals surface area contributed by atoms with Crippen molar-refractivity contribution in [2.24, 2.45) is 5.84 Å². The summed E-state index contributed by atoms with van der Waals surface area (Å²) in [7, 11) is 0. The maximum absolute atomic E-state index is 5.58. The summed E-state index contributed by atoms with van der Waals surface area (Å²) in [6.07, 6.45) is 1.77. The van der Waals surface area contributed by atoms with Gasteiger partial charge in [-0.1, -0.05) is 30.0 Å². The van der Waals surface area contributed by atoms with Crippen molar-refractivity contribution in [3.63, 3.8) is 0 Å². The molecule has 0 fully saturated rings. The zero-order chi connectivity index (χ0) is 14.7. The van der Waals surface area contributed by atoms with Crippen molar-refractivity contribution >= 4 is 28.5 Å². The van der Waals surface area contributed by atoms with Gasteiger partial charge in [-0.25, -0.2) is 20.8 Å². The minimum absolute atomic E-state index is 0.689. The molecule has 3 aromatic rings. The summed E-state index contributed by atoms with van der Waals surface area (Å²) < 4.78 is 0. The van der Waals surface area contributed by atoms with Crippen LogP contribution in [0.5, 0.6) is 0 Å². The number of hydrogen-bond acceptors (Lipinski definition) is 6. The molecule has 0 atom stereocenters. The Kier molecular flexibility index (Phi) is 3.98. The van der Waals surface area contributed by atoms with Crippen molar-refractivity contribution in [3.8, 4) is 0 Å². The molecular weight excluding hydrogens is 282 g/mol. The molecule has 0 spiro atoms. The van der Waals surface area contributed by atoms with Gasteiger partial charge in [-0.05, 0) is 25.1 Å². The quantitative estimate of drug-likeness (QED) is 0.334. The Morgan fingerprint density at radius 1 is 1.19 bits per heavy atom. The topological polar surface area (TPSA) is 76.7 Å². The van der Waals surface area contributed by atoms with E-state index in [0.717, 1.165) is 27.3 Å². The van der Waals surface area contributed by atoms with Gasteiger partial charge in [0.2, 0.25) is 0 Å². The SMILES string of the molecule is Cc1ccnc(SCc2cc3ccccc3nc2NN)n1. The Hall–Kier alpha value is -2.18. The molecule has 21 heavy (non-hydrogen) atoms. The molecule has 1 aromatic carbocycles. The van der Waals surface area contributed by atoms with Crippen LogP contribution in [-0.4, -0.2) is 15.0 Å². The third kappa shape index (κ3) is 3.12. The van der Waals surface area contributed by atoms with E-state index in [1.165, 1.54) is 0 Å². The summed E-state index contributed by atoms with van der Waals surface area (Å²) in [5.41, 5.74) is 5.59. The van der Waals surface area contributed by atoms with Gasteiger partial charge in [0, 0.05) is 28.6 Å². The highest BCUT2D eigenvalue weighted by atomic mass is 32.2. The summed E-state index contributed by atoms with van der Waals surface area (Å²) >= 11 is 1.57. The fraction of sp³-hybridized carbons (Fsp3) is 0.133. The van der Waals surface area contributed by atoms with E-state index in [1.807, 2.05) is 37.3 Å². The average molecular weight is 297 g/mol. The molecule has 0 radical (unpaired) electrons. The third-order valence-electron chi connectivity index (χ3n) is 3.07. The summed E-state index contributed by atoms with van der Waals surface area (Å²) in [6, 6.07) is 12.0. The number of nitrogens with zero attached hydrogens (tertiary/aromatic N) is 3. The lowest BCUT2D eigenvalue weighted by Crippen LogP contribution is -2.11. The van der Waals surface area contributed by atoms with Gasteiger partial charge >= 0.3 is 0 Å². The summed E-state index contributed by atoms with van der Waals surface area (Å²) in [4.78, 5) is 13.2. The Labute approximate surface area is 127 Å². The summed E-state index contributed by atoms with van der Waals surface area (Å²) in [5, 5.41) is 1.85. The van der Waals surface area contributed by atoms with E-state index < -0.39 is 0 Å². The summed E-state index contributed by atoms with van der Waals surface area (Å²) in [6.45, 7) is 1.95. The fourth-order valence-corrected chi connectivity index (χ4v) is 2.88. The minimum Gasteiger partial charge on any atom is -0.308 e. The van der Waals surface area contributed by atoms with Crippen LogP contribution >= 0.6 is 11.8 Å². The number of para-hydroxylation sites is 1. The second-order valence-electron chi connectivity index (χ2n) is 4.60. The zero-order valence-corrected chi connectivity index (χ0v) is 12.4. The van der Waals surface area contributed by atoms with Gasteiger partial charge in [0.25, 0.3) is 0 Å². The molecule has 0 aliphatic rings. The Bertz CT molecular complexity index is 775. The highest BCUT2D eigenvalue weighted by Gasteiger charge is 2.07. The predicted octanol–water partition coefficient (Wildman–Crippen LogP) is 2.91. The van der Waals surface area contributed by atoms with Gasteiger partial charge < -0.3 is 5.43 Å². The molecule has 0 unspecified atom stereocenters. The number of hydrazine groups is 1. The lowest BCUT2D eigenvalue weighted by atomic mass is 10.1. The normalized spacial score (nSPS) is 10.8. The average Bonchev–Trinajstić information content (AvgIpc) is 2.52. The van der Waals surface area contributed by atoms with Gasteiger partial charge in [0.15, 0.2) is 5.16 Å². The molecule has 3 rings (SSSR count). The number of fused-ring (bicyclic) bond motifs is 1. The molecule has 0 aliphatic carbocycles. The van der Waals surface area contributed by atoms with Crippen molar-refractivity contribution in [3.05, 3.63) is 53.9 Å². The van der Waals surface area contributed by atoms with Crippen LogP contribution in [0.25, 0.3) is 10.9 Å². The van der Waals surface area contributed by atoms with Crippen molar-refractivity contribution in [1.82, 2.24) is 15.0 Å². The lowest BCUT2D eigenvalue weighted by molar-refractivity contribution is 0.931.